The Morgan fingerprint density at radius 2 is 2.00 bits per heavy atom. The average Bonchev–Trinajstić information content (AvgIpc) is 3.29. The van der Waals surface area contributed by atoms with Gasteiger partial charge >= 0.3 is 0 Å². The molecule has 7 nitrogen and oxygen atoms in total. The third-order valence-electron chi connectivity index (χ3n) is 6.75. The van der Waals surface area contributed by atoms with E-state index in [0.29, 0.717) is 23.6 Å². The lowest BCUT2D eigenvalue weighted by molar-refractivity contribution is -0.106. The molecule has 0 unspecified atom stereocenters. The number of halogens is 2. The third-order valence-corrected chi connectivity index (χ3v) is 6.75. The molecule has 0 saturated carbocycles. The number of imidazole rings is 1. The fraction of sp³-hybridized carbons (Fsp3) is 0.409. The van der Waals surface area contributed by atoms with Crippen LogP contribution in [0, 0.1) is 0 Å². The molecule has 2 aliphatic heterocycles. The molecule has 1 N–H and O–H groups in total. The van der Waals surface area contributed by atoms with E-state index in [4.69, 9.17) is 4.74 Å². The van der Waals surface area contributed by atoms with Crippen molar-refractivity contribution in [2.45, 2.75) is 49.8 Å². The lowest BCUT2D eigenvalue weighted by Crippen LogP contribution is -2.56. The van der Waals surface area contributed by atoms with E-state index in [9.17, 15) is 13.9 Å². The molecule has 162 valence electrons. The second-order valence-corrected chi connectivity index (χ2v) is 8.56. The number of ether oxygens (including phenoxy) is 1. The zero-order chi connectivity index (χ0) is 21.8. The van der Waals surface area contributed by atoms with Gasteiger partial charge in [-0.1, -0.05) is 0 Å². The van der Waals surface area contributed by atoms with Crippen molar-refractivity contribution < 1.29 is 18.6 Å². The van der Waals surface area contributed by atoms with Crippen molar-refractivity contribution in [3.05, 3.63) is 49.1 Å². The normalized spacial score (nSPS) is 27.4. The molecule has 2 aromatic heterocycles. The molecule has 3 aromatic rings. The van der Waals surface area contributed by atoms with E-state index < -0.39 is 11.5 Å². The van der Waals surface area contributed by atoms with Crippen molar-refractivity contribution in [1.29, 1.82) is 0 Å². The van der Waals surface area contributed by atoms with Crippen LogP contribution in [0.15, 0.2) is 49.1 Å². The number of hydrogen-bond acceptors (Lipinski definition) is 6. The molecular weight excluding hydrogens is 404 g/mol. The molecule has 9 heteroatoms. The van der Waals surface area contributed by atoms with Crippen LogP contribution in [0.1, 0.15) is 26.2 Å². The summed E-state index contributed by atoms with van der Waals surface area (Å²) in [7, 11) is 1.76. The Labute approximate surface area is 178 Å². The van der Waals surface area contributed by atoms with Crippen molar-refractivity contribution in [1.82, 2.24) is 24.6 Å². The van der Waals surface area contributed by atoms with Crippen LogP contribution in [0.2, 0.25) is 0 Å². The largest absolute Gasteiger partial charge is 0.507 e. The van der Waals surface area contributed by atoms with Crippen molar-refractivity contribution in [3.8, 4) is 28.6 Å². The highest BCUT2D eigenvalue weighted by Gasteiger charge is 2.64. The summed E-state index contributed by atoms with van der Waals surface area (Å²) < 4.78 is 36.7. The highest BCUT2D eigenvalue weighted by Crippen LogP contribution is 2.52. The van der Waals surface area contributed by atoms with Gasteiger partial charge in [-0.25, -0.2) is 13.8 Å². The maximum Gasteiger partial charge on any atom is 0.267 e. The lowest BCUT2D eigenvalue weighted by atomic mass is 9.87. The molecular formula is C22H23F2N5O2. The fourth-order valence-corrected chi connectivity index (χ4v) is 4.77. The summed E-state index contributed by atoms with van der Waals surface area (Å²) >= 11 is 0. The van der Waals surface area contributed by atoms with E-state index in [-0.39, 0.29) is 30.7 Å². The van der Waals surface area contributed by atoms with Crippen LogP contribution in [0.5, 0.6) is 11.6 Å². The van der Waals surface area contributed by atoms with Gasteiger partial charge in [0.1, 0.15) is 11.9 Å². The lowest BCUT2D eigenvalue weighted by Gasteiger charge is -2.44. The molecule has 2 bridgehead atoms. The predicted octanol–water partition coefficient (Wildman–Crippen LogP) is 3.67. The molecule has 2 aliphatic rings. The highest BCUT2D eigenvalue weighted by molar-refractivity contribution is 5.68. The number of hydrogen-bond donors (Lipinski definition) is 1. The number of alkyl halides is 2. The number of aromatic hydroxyl groups is 1. The van der Waals surface area contributed by atoms with E-state index >= 15 is 0 Å². The van der Waals surface area contributed by atoms with Crippen molar-refractivity contribution in [2.24, 2.45) is 0 Å². The van der Waals surface area contributed by atoms with Gasteiger partial charge in [0.2, 0.25) is 5.88 Å². The van der Waals surface area contributed by atoms with Crippen LogP contribution < -0.4 is 4.74 Å². The molecule has 5 rings (SSSR count). The SMILES string of the molecule is CN1[C@@H]2C[C@H](Oc3ccc(-c4ccc(-n5ccnc5)cc4O)nn3)C[C@@]1(C)C(F)(F)C2. The van der Waals surface area contributed by atoms with Gasteiger partial charge in [-0.05, 0) is 32.2 Å². The Morgan fingerprint density at radius 3 is 2.65 bits per heavy atom. The van der Waals surface area contributed by atoms with Crippen LogP contribution in [0.3, 0.4) is 0 Å². The maximum absolute atomic E-state index is 14.5. The minimum atomic E-state index is -2.74. The minimum absolute atomic E-state index is 0.0659. The number of phenolic OH excluding ortho intramolecular Hbond substituents is 1. The van der Waals surface area contributed by atoms with Crippen LogP contribution >= 0.6 is 0 Å². The van der Waals surface area contributed by atoms with Crippen molar-refractivity contribution in [3.63, 3.8) is 0 Å². The number of fused-ring (bicyclic) bond motifs is 2. The second kappa shape index (κ2) is 6.98. The van der Waals surface area contributed by atoms with Crippen LogP contribution in [0.25, 0.3) is 16.9 Å². The molecule has 2 fully saturated rings. The number of nitrogens with zero attached hydrogens (tertiary/aromatic N) is 5. The van der Waals surface area contributed by atoms with E-state index in [2.05, 4.69) is 15.2 Å². The van der Waals surface area contributed by atoms with Crippen molar-refractivity contribution in [2.75, 3.05) is 7.05 Å². The number of rotatable bonds is 4. The first-order chi connectivity index (χ1) is 14.8. The van der Waals surface area contributed by atoms with Crippen molar-refractivity contribution >= 4 is 0 Å². The van der Waals surface area contributed by atoms with Crippen LogP contribution in [0.4, 0.5) is 8.78 Å². The van der Waals surface area contributed by atoms with E-state index in [1.807, 2.05) is 6.07 Å². The fourth-order valence-electron chi connectivity index (χ4n) is 4.77. The average molecular weight is 427 g/mol. The summed E-state index contributed by atoms with van der Waals surface area (Å²) in [5, 5.41) is 18.7. The van der Waals surface area contributed by atoms with Gasteiger partial charge in [-0.2, -0.15) is 0 Å². The van der Waals surface area contributed by atoms with Gasteiger partial charge in [0.25, 0.3) is 5.92 Å². The van der Waals surface area contributed by atoms with Gasteiger partial charge in [-0.15, -0.1) is 10.2 Å². The molecule has 0 spiro atoms. The molecule has 0 amide bonds. The number of aromatic nitrogens is 4. The second-order valence-electron chi connectivity index (χ2n) is 8.56. The summed E-state index contributed by atoms with van der Waals surface area (Å²) in [6, 6.07) is 8.38. The summed E-state index contributed by atoms with van der Waals surface area (Å²) in [5.41, 5.74) is 0.585. The van der Waals surface area contributed by atoms with Gasteiger partial charge < -0.3 is 14.4 Å². The summed E-state index contributed by atoms with van der Waals surface area (Å²) in [6.07, 6.45) is 5.36. The predicted molar refractivity (Wildman–Crippen MR) is 109 cm³/mol. The first kappa shape index (κ1) is 19.9. The molecule has 3 atom stereocenters. The van der Waals surface area contributed by atoms with Crippen LogP contribution in [-0.4, -0.2) is 60.4 Å². The van der Waals surface area contributed by atoms with E-state index in [1.54, 1.807) is 66.4 Å². The molecule has 4 heterocycles. The molecule has 2 saturated heterocycles. The van der Waals surface area contributed by atoms with Gasteiger partial charge in [0.15, 0.2) is 0 Å². The first-order valence-corrected chi connectivity index (χ1v) is 10.2. The van der Waals surface area contributed by atoms with Gasteiger partial charge in [-0.3, -0.25) is 4.90 Å². The van der Waals surface area contributed by atoms with Gasteiger partial charge in [0.05, 0.1) is 23.2 Å². The smallest absolute Gasteiger partial charge is 0.267 e. The van der Waals surface area contributed by atoms with E-state index in [1.165, 1.54) is 0 Å². The number of benzene rings is 1. The van der Waals surface area contributed by atoms with E-state index in [0.717, 1.165) is 5.69 Å². The zero-order valence-electron chi connectivity index (χ0n) is 17.2. The number of phenols is 1. The first-order valence-electron chi connectivity index (χ1n) is 10.2. The molecule has 1 aromatic carbocycles. The molecule has 0 aliphatic carbocycles. The standard InChI is InChI=1S/C22H23F2N5O2/c1-21-12-16(9-15(28(21)2)11-22(21,23)24)31-20-6-5-18(26-27-20)17-4-3-14(10-19(17)30)29-8-7-25-13-29/h3-8,10,13,15-16,30H,9,11-12H2,1-2H3/t15-,16+,21+/m1/s1. The Bertz CT molecular complexity index is 1090. The minimum Gasteiger partial charge on any atom is -0.507 e. The van der Waals surface area contributed by atoms with Crippen LogP contribution in [-0.2, 0) is 0 Å². The Morgan fingerprint density at radius 1 is 1.16 bits per heavy atom. The maximum atomic E-state index is 14.5. The zero-order valence-corrected chi connectivity index (χ0v) is 17.2. The monoisotopic (exact) mass is 427 g/mol. The molecule has 31 heavy (non-hydrogen) atoms. The Kier molecular flexibility index (Phi) is 4.47. The van der Waals surface area contributed by atoms with Gasteiger partial charge in [0, 0.05) is 55.4 Å². The Balaban J connectivity index is 1.31. The number of piperidine rings is 1. The quantitative estimate of drug-likeness (QED) is 0.685. The summed E-state index contributed by atoms with van der Waals surface area (Å²) in [5.74, 6) is -2.38. The summed E-state index contributed by atoms with van der Waals surface area (Å²) in [4.78, 5) is 5.79. The Hall–Kier alpha value is -3.07. The highest BCUT2D eigenvalue weighted by atomic mass is 19.3. The summed E-state index contributed by atoms with van der Waals surface area (Å²) in [6.45, 7) is 1.60. The molecule has 0 radical (unpaired) electrons. The third kappa shape index (κ3) is 3.23. The topological polar surface area (TPSA) is 76.3 Å².